The van der Waals surface area contributed by atoms with Crippen LogP contribution >= 0.6 is 0 Å². The van der Waals surface area contributed by atoms with Gasteiger partial charge >= 0.3 is 0 Å². The van der Waals surface area contributed by atoms with Crippen LogP contribution in [0.5, 0.6) is 0 Å². The maximum absolute atomic E-state index is 2.62. The van der Waals surface area contributed by atoms with Gasteiger partial charge in [0.25, 0.3) is 0 Å². The molecule has 0 unspecified atom stereocenters. The van der Waals surface area contributed by atoms with E-state index in [2.05, 4.69) is 72.5 Å². The summed E-state index contributed by atoms with van der Waals surface area (Å²) in [6.07, 6.45) is 22.9. The molecule has 0 saturated heterocycles. The molecular formula is C32H51N. The van der Waals surface area contributed by atoms with E-state index >= 15 is 0 Å². The van der Waals surface area contributed by atoms with Crippen molar-refractivity contribution in [2.24, 2.45) is 0 Å². The lowest BCUT2D eigenvalue weighted by Gasteiger charge is -2.22. The summed E-state index contributed by atoms with van der Waals surface area (Å²) in [5.41, 5.74) is 2.84. The summed E-state index contributed by atoms with van der Waals surface area (Å²) in [6.45, 7) is 5.60. The van der Waals surface area contributed by atoms with Gasteiger partial charge in [-0.25, -0.2) is 0 Å². The first-order valence-corrected chi connectivity index (χ1v) is 14.2. The molecule has 0 radical (unpaired) electrons. The van der Waals surface area contributed by atoms with Gasteiger partial charge in [0, 0.05) is 13.1 Å². The van der Waals surface area contributed by atoms with Gasteiger partial charge < -0.3 is 0 Å². The van der Waals surface area contributed by atoms with Crippen LogP contribution in [0.1, 0.15) is 121 Å². The number of unbranched alkanes of at least 4 members (excludes halogenated alkanes) is 15. The van der Waals surface area contributed by atoms with Crippen LogP contribution in [0.2, 0.25) is 0 Å². The largest absolute Gasteiger partial charge is 0.295 e. The molecule has 0 heterocycles. The zero-order chi connectivity index (χ0) is 23.2. The van der Waals surface area contributed by atoms with Gasteiger partial charge in [-0.2, -0.15) is 0 Å². The molecule has 0 aliphatic carbocycles. The highest BCUT2D eigenvalue weighted by Gasteiger charge is 2.07. The molecule has 0 aliphatic heterocycles. The summed E-state index contributed by atoms with van der Waals surface area (Å²) in [5.74, 6) is 0. The molecule has 2 aromatic carbocycles. The molecule has 184 valence electrons. The van der Waals surface area contributed by atoms with Gasteiger partial charge in [0.2, 0.25) is 0 Å². The minimum Gasteiger partial charge on any atom is -0.295 e. The van der Waals surface area contributed by atoms with Crippen LogP contribution < -0.4 is 0 Å². The molecule has 0 saturated carbocycles. The van der Waals surface area contributed by atoms with Crippen LogP contribution in [0.25, 0.3) is 0 Å². The SMILES string of the molecule is CCCCCCCCCCCCCCCCCCN(Cc1ccccc1)Cc1ccccc1. The summed E-state index contributed by atoms with van der Waals surface area (Å²) in [6, 6.07) is 21.9. The molecule has 33 heavy (non-hydrogen) atoms. The highest BCUT2D eigenvalue weighted by molar-refractivity contribution is 5.17. The molecule has 0 amide bonds. The van der Waals surface area contributed by atoms with Gasteiger partial charge in [-0.05, 0) is 24.1 Å². The Balaban J connectivity index is 1.47. The lowest BCUT2D eigenvalue weighted by Crippen LogP contribution is -2.24. The van der Waals surface area contributed by atoms with E-state index in [1.807, 2.05) is 0 Å². The lowest BCUT2D eigenvalue weighted by molar-refractivity contribution is 0.250. The number of rotatable bonds is 21. The average Bonchev–Trinajstić information content (AvgIpc) is 2.85. The van der Waals surface area contributed by atoms with Crippen LogP contribution in [0.4, 0.5) is 0 Å². The Labute approximate surface area is 206 Å². The fourth-order valence-electron chi connectivity index (χ4n) is 4.78. The van der Waals surface area contributed by atoms with Gasteiger partial charge in [0.1, 0.15) is 0 Å². The number of benzene rings is 2. The average molecular weight is 450 g/mol. The number of hydrogen-bond acceptors (Lipinski definition) is 1. The molecule has 0 spiro atoms. The fraction of sp³-hybridized carbons (Fsp3) is 0.625. The summed E-state index contributed by atoms with van der Waals surface area (Å²) in [4.78, 5) is 2.62. The zero-order valence-corrected chi connectivity index (χ0v) is 21.7. The number of hydrogen-bond donors (Lipinski definition) is 0. The van der Waals surface area contributed by atoms with Crippen LogP contribution in [0.3, 0.4) is 0 Å². The Bertz CT molecular complexity index is 609. The van der Waals surface area contributed by atoms with E-state index in [0.717, 1.165) is 13.1 Å². The Morgan fingerprint density at radius 3 is 1.12 bits per heavy atom. The molecule has 0 bridgehead atoms. The van der Waals surface area contributed by atoms with Gasteiger partial charge in [0.15, 0.2) is 0 Å². The summed E-state index contributed by atoms with van der Waals surface area (Å²) in [7, 11) is 0. The van der Waals surface area contributed by atoms with Crippen LogP contribution in [-0.4, -0.2) is 11.4 Å². The van der Waals surface area contributed by atoms with E-state index in [1.54, 1.807) is 0 Å². The van der Waals surface area contributed by atoms with Gasteiger partial charge in [0.05, 0.1) is 0 Å². The fourth-order valence-corrected chi connectivity index (χ4v) is 4.78. The molecular weight excluding hydrogens is 398 g/mol. The Hall–Kier alpha value is -1.60. The maximum Gasteiger partial charge on any atom is 0.0237 e. The van der Waals surface area contributed by atoms with Crippen molar-refractivity contribution < 1.29 is 0 Å². The smallest absolute Gasteiger partial charge is 0.0237 e. The van der Waals surface area contributed by atoms with Crippen molar-refractivity contribution >= 4 is 0 Å². The Morgan fingerprint density at radius 2 is 0.758 bits per heavy atom. The van der Waals surface area contributed by atoms with Gasteiger partial charge in [-0.15, -0.1) is 0 Å². The molecule has 1 heteroatoms. The van der Waals surface area contributed by atoms with Crippen LogP contribution in [0, 0.1) is 0 Å². The highest BCUT2D eigenvalue weighted by atomic mass is 15.1. The normalized spacial score (nSPS) is 11.3. The van der Waals surface area contributed by atoms with E-state index in [1.165, 1.54) is 120 Å². The highest BCUT2D eigenvalue weighted by Crippen LogP contribution is 2.15. The van der Waals surface area contributed by atoms with E-state index in [-0.39, 0.29) is 0 Å². The van der Waals surface area contributed by atoms with E-state index in [9.17, 15) is 0 Å². The van der Waals surface area contributed by atoms with Crippen molar-refractivity contribution in [1.29, 1.82) is 0 Å². The van der Waals surface area contributed by atoms with Crippen molar-refractivity contribution in [2.45, 2.75) is 123 Å². The third-order valence-electron chi connectivity index (χ3n) is 6.83. The first kappa shape index (κ1) is 27.6. The minimum absolute atomic E-state index is 1.05. The van der Waals surface area contributed by atoms with E-state index in [0.29, 0.717) is 0 Å². The van der Waals surface area contributed by atoms with Crippen molar-refractivity contribution in [1.82, 2.24) is 4.90 Å². The van der Waals surface area contributed by atoms with Crippen molar-refractivity contribution in [3.8, 4) is 0 Å². The first-order chi connectivity index (χ1) is 16.4. The Kier molecular flexibility index (Phi) is 16.6. The second-order valence-corrected chi connectivity index (χ2v) is 9.99. The lowest BCUT2D eigenvalue weighted by atomic mass is 10.0. The standard InChI is InChI=1S/C32H51N/c1-2-3-4-5-6-7-8-9-10-11-12-13-14-15-16-23-28-33(29-31-24-19-17-20-25-31)30-32-26-21-18-22-27-32/h17-22,24-27H,2-16,23,28-30H2,1H3. The quantitative estimate of drug-likeness (QED) is 0.171. The molecule has 0 aromatic heterocycles. The maximum atomic E-state index is 2.62. The summed E-state index contributed by atoms with van der Waals surface area (Å²) < 4.78 is 0. The molecule has 0 aliphatic rings. The number of nitrogens with zero attached hydrogens (tertiary/aromatic N) is 1. The predicted molar refractivity (Wildman–Crippen MR) is 147 cm³/mol. The van der Waals surface area contributed by atoms with Crippen molar-refractivity contribution in [3.63, 3.8) is 0 Å². The second kappa shape index (κ2) is 19.8. The van der Waals surface area contributed by atoms with E-state index < -0.39 is 0 Å². The summed E-state index contributed by atoms with van der Waals surface area (Å²) >= 11 is 0. The van der Waals surface area contributed by atoms with Crippen molar-refractivity contribution in [3.05, 3.63) is 71.8 Å². The van der Waals surface area contributed by atoms with Crippen LogP contribution in [0.15, 0.2) is 60.7 Å². The molecule has 2 aromatic rings. The Morgan fingerprint density at radius 1 is 0.424 bits per heavy atom. The van der Waals surface area contributed by atoms with Gasteiger partial charge in [-0.1, -0.05) is 164 Å². The third kappa shape index (κ3) is 15.0. The monoisotopic (exact) mass is 449 g/mol. The predicted octanol–water partition coefficient (Wildman–Crippen LogP) is 9.95. The molecule has 2 rings (SSSR count). The summed E-state index contributed by atoms with van der Waals surface area (Å²) in [5, 5.41) is 0. The second-order valence-electron chi connectivity index (χ2n) is 9.99. The molecule has 0 N–H and O–H groups in total. The minimum atomic E-state index is 1.05. The molecule has 0 fully saturated rings. The van der Waals surface area contributed by atoms with Gasteiger partial charge in [-0.3, -0.25) is 4.90 Å². The topological polar surface area (TPSA) is 3.24 Å². The van der Waals surface area contributed by atoms with Crippen molar-refractivity contribution in [2.75, 3.05) is 6.54 Å². The van der Waals surface area contributed by atoms with E-state index in [4.69, 9.17) is 0 Å². The zero-order valence-electron chi connectivity index (χ0n) is 21.7. The molecule has 1 nitrogen and oxygen atoms in total. The first-order valence-electron chi connectivity index (χ1n) is 14.2. The van der Waals surface area contributed by atoms with Crippen LogP contribution in [-0.2, 0) is 13.1 Å². The third-order valence-corrected chi connectivity index (χ3v) is 6.83. The molecule has 0 atom stereocenters.